The fourth-order valence-corrected chi connectivity index (χ4v) is 2.15. The largest absolute Gasteiger partial charge is 0.292 e. The zero-order chi connectivity index (χ0) is 13.1. The molecule has 2 rings (SSSR count). The Morgan fingerprint density at radius 2 is 2.06 bits per heavy atom. The Morgan fingerprint density at radius 1 is 1.39 bits per heavy atom. The number of nitrogens with zero attached hydrogens (tertiary/aromatic N) is 4. The smallest absolute Gasteiger partial charge is 0.237 e. The number of hydrogen-bond acceptors (Lipinski definition) is 5. The van der Waals surface area contributed by atoms with Crippen LogP contribution in [0, 0.1) is 4.91 Å². The average Bonchev–Trinajstić information content (AvgIpc) is 2.75. The summed E-state index contributed by atoms with van der Waals surface area (Å²) in [6, 6.07) is 6.76. The van der Waals surface area contributed by atoms with Gasteiger partial charge in [0.05, 0.1) is 11.0 Å². The van der Waals surface area contributed by atoms with Crippen LogP contribution >= 0.6 is 22.9 Å². The summed E-state index contributed by atoms with van der Waals surface area (Å²) >= 11 is 6.78. The lowest BCUT2D eigenvalue weighted by atomic mass is 10.3. The number of hydrogen-bond donors (Lipinski definition) is 0. The lowest BCUT2D eigenvalue weighted by Gasteiger charge is -1.99. The van der Waals surface area contributed by atoms with Crippen molar-refractivity contribution >= 4 is 28.7 Å². The van der Waals surface area contributed by atoms with E-state index in [2.05, 4.69) is 15.5 Å². The highest BCUT2D eigenvalue weighted by Gasteiger charge is 2.10. The second kappa shape index (κ2) is 5.19. The van der Waals surface area contributed by atoms with Gasteiger partial charge in [-0.2, -0.15) is 5.10 Å². The minimum absolute atomic E-state index is 0.199. The van der Waals surface area contributed by atoms with E-state index in [1.165, 1.54) is 11.6 Å². The number of benzene rings is 1. The molecule has 0 aliphatic rings. The highest BCUT2D eigenvalue weighted by Crippen LogP contribution is 2.12. The van der Waals surface area contributed by atoms with Gasteiger partial charge in [-0.15, -0.1) is 4.91 Å². The summed E-state index contributed by atoms with van der Waals surface area (Å²) in [7, 11) is 0. The van der Waals surface area contributed by atoms with Crippen molar-refractivity contribution in [1.82, 2.24) is 9.78 Å². The molecule has 6 nitrogen and oxygen atoms in total. The number of Topliss-reactive ketones (excluding diaryl/α,β-unsaturated/α-hetero) is 1. The van der Waals surface area contributed by atoms with E-state index in [4.69, 9.17) is 11.6 Å². The molecule has 8 heteroatoms. The van der Waals surface area contributed by atoms with Crippen LogP contribution in [0.2, 0.25) is 5.02 Å². The first-order valence-corrected chi connectivity index (χ1v) is 6.04. The van der Waals surface area contributed by atoms with Crippen molar-refractivity contribution in [3.63, 3.8) is 0 Å². The SMILES string of the molecule is CC(=O)c1nn(-c2ccc(Cl)cc2)/c(=N/N=O)s1. The minimum Gasteiger partial charge on any atom is -0.292 e. The summed E-state index contributed by atoms with van der Waals surface area (Å²) in [4.78, 5) is 21.7. The number of ketones is 1. The molecule has 0 aliphatic heterocycles. The molecule has 0 saturated carbocycles. The molecular weight excluding hydrogens is 276 g/mol. The van der Waals surface area contributed by atoms with Gasteiger partial charge < -0.3 is 0 Å². The molecule has 0 amide bonds. The fraction of sp³-hybridized carbons (Fsp3) is 0.100. The Hall–Kier alpha value is -1.86. The van der Waals surface area contributed by atoms with Gasteiger partial charge in [-0.05, 0) is 24.3 Å². The number of aromatic nitrogens is 2. The van der Waals surface area contributed by atoms with Crippen LogP contribution in [0.3, 0.4) is 0 Å². The van der Waals surface area contributed by atoms with E-state index in [0.29, 0.717) is 10.7 Å². The summed E-state index contributed by atoms with van der Waals surface area (Å²) in [6.07, 6.45) is 0. The van der Waals surface area contributed by atoms with Crippen molar-refractivity contribution in [3.05, 3.63) is 44.0 Å². The predicted molar refractivity (Wildman–Crippen MR) is 67.8 cm³/mol. The number of carbonyl (C=O) groups is 1. The van der Waals surface area contributed by atoms with E-state index in [-0.39, 0.29) is 15.6 Å². The van der Waals surface area contributed by atoms with Crippen molar-refractivity contribution in [2.75, 3.05) is 0 Å². The van der Waals surface area contributed by atoms with E-state index in [0.717, 1.165) is 11.3 Å². The summed E-state index contributed by atoms with van der Waals surface area (Å²) in [5.74, 6) is -0.199. The van der Waals surface area contributed by atoms with E-state index in [1.807, 2.05) is 0 Å². The van der Waals surface area contributed by atoms with E-state index in [1.54, 1.807) is 24.3 Å². The van der Waals surface area contributed by atoms with Gasteiger partial charge in [0, 0.05) is 11.9 Å². The molecule has 0 unspecified atom stereocenters. The quantitative estimate of drug-likeness (QED) is 0.492. The minimum atomic E-state index is -0.199. The van der Waals surface area contributed by atoms with E-state index < -0.39 is 0 Å². The van der Waals surface area contributed by atoms with Crippen LogP contribution in [0.4, 0.5) is 0 Å². The normalized spacial score (nSPS) is 11.6. The zero-order valence-electron chi connectivity index (χ0n) is 9.20. The molecule has 18 heavy (non-hydrogen) atoms. The maximum Gasteiger partial charge on any atom is 0.237 e. The van der Waals surface area contributed by atoms with Gasteiger partial charge in [-0.3, -0.25) is 4.79 Å². The first-order chi connectivity index (χ1) is 8.61. The number of carbonyl (C=O) groups excluding carboxylic acids is 1. The number of nitroso groups, excluding NO2 is 1. The van der Waals surface area contributed by atoms with Gasteiger partial charge in [-0.25, -0.2) is 4.68 Å². The van der Waals surface area contributed by atoms with Gasteiger partial charge in [0.25, 0.3) is 0 Å². The highest BCUT2D eigenvalue weighted by molar-refractivity contribution is 7.10. The molecule has 0 N–H and O–H groups in total. The van der Waals surface area contributed by atoms with Gasteiger partial charge in [0.15, 0.2) is 10.8 Å². The van der Waals surface area contributed by atoms with Crippen molar-refractivity contribution < 1.29 is 4.79 Å². The van der Waals surface area contributed by atoms with Crippen molar-refractivity contribution in [3.8, 4) is 5.69 Å². The van der Waals surface area contributed by atoms with Gasteiger partial charge in [-0.1, -0.05) is 28.0 Å². The van der Waals surface area contributed by atoms with Crippen LogP contribution in [0.25, 0.3) is 5.69 Å². The molecule has 0 fully saturated rings. The van der Waals surface area contributed by atoms with Crippen molar-refractivity contribution in [1.29, 1.82) is 0 Å². The average molecular weight is 283 g/mol. The van der Waals surface area contributed by atoms with Crippen molar-refractivity contribution in [2.45, 2.75) is 6.92 Å². The van der Waals surface area contributed by atoms with Crippen LogP contribution in [-0.2, 0) is 0 Å². The van der Waals surface area contributed by atoms with Gasteiger partial charge >= 0.3 is 0 Å². The predicted octanol–water partition coefficient (Wildman–Crippen LogP) is 2.37. The molecular formula is C10H7ClN4O2S. The maximum atomic E-state index is 11.3. The topological polar surface area (TPSA) is 76.7 Å². The number of rotatable bonds is 3. The van der Waals surface area contributed by atoms with Crippen LogP contribution < -0.4 is 4.80 Å². The summed E-state index contributed by atoms with van der Waals surface area (Å²) < 4.78 is 1.37. The van der Waals surface area contributed by atoms with E-state index >= 15 is 0 Å². The Balaban J connectivity index is 2.62. The molecule has 1 aromatic heterocycles. The lowest BCUT2D eigenvalue weighted by molar-refractivity contribution is 0.101. The van der Waals surface area contributed by atoms with Crippen LogP contribution in [0.5, 0.6) is 0 Å². The third-order valence-corrected chi connectivity index (χ3v) is 3.31. The highest BCUT2D eigenvalue weighted by atomic mass is 35.5. The lowest BCUT2D eigenvalue weighted by Crippen LogP contribution is -2.13. The van der Waals surface area contributed by atoms with Gasteiger partial charge in [0.2, 0.25) is 4.80 Å². The standard InChI is InChI=1S/C10H7ClN4O2S/c1-6(16)9-13-15(10(18-9)12-14-17)8-4-2-7(11)3-5-8/h2-5H,1H3/b12-10-. The second-order valence-electron chi connectivity index (χ2n) is 3.32. The molecule has 0 aliphatic carbocycles. The van der Waals surface area contributed by atoms with Crippen molar-refractivity contribution in [2.24, 2.45) is 10.4 Å². The molecule has 2 aromatic rings. The summed E-state index contributed by atoms with van der Waals surface area (Å²) in [5.41, 5.74) is 0.644. The zero-order valence-corrected chi connectivity index (χ0v) is 10.8. The Morgan fingerprint density at radius 3 is 2.61 bits per heavy atom. The van der Waals surface area contributed by atoms with Crippen LogP contribution in [-0.4, -0.2) is 15.6 Å². The third-order valence-electron chi connectivity index (χ3n) is 2.06. The number of halogens is 1. The monoisotopic (exact) mass is 282 g/mol. The molecule has 0 radical (unpaired) electrons. The molecule has 0 atom stereocenters. The summed E-state index contributed by atoms with van der Waals surface area (Å²) in [6.45, 7) is 1.39. The van der Waals surface area contributed by atoms with Gasteiger partial charge in [0.1, 0.15) is 0 Å². The molecule has 92 valence electrons. The molecule has 0 saturated heterocycles. The molecule has 1 heterocycles. The first-order valence-electron chi connectivity index (χ1n) is 4.85. The Labute approximate surface area is 111 Å². The first kappa shape index (κ1) is 12.6. The van der Waals surface area contributed by atoms with E-state index in [9.17, 15) is 9.70 Å². The molecule has 0 bridgehead atoms. The summed E-state index contributed by atoms with van der Waals surface area (Å²) in [5, 5.41) is 10.8. The third kappa shape index (κ3) is 2.52. The van der Waals surface area contributed by atoms with Crippen LogP contribution in [0.1, 0.15) is 16.7 Å². The Kier molecular flexibility index (Phi) is 3.63. The second-order valence-corrected chi connectivity index (χ2v) is 4.71. The van der Waals surface area contributed by atoms with Crippen LogP contribution in [0.15, 0.2) is 34.7 Å². The molecule has 1 aromatic carbocycles. The fourth-order valence-electron chi connectivity index (χ4n) is 1.27. The molecule has 0 spiro atoms. The maximum absolute atomic E-state index is 11.3. The Bertz CT molecular complexity index is 659.